The highest BCUT2D eigenvalue weighted by Crippen LogP contribution is 2.27. The van der Waals surface area contributed by atoms with Crippen molar-refractivity contribution in [1.82, 2.24) is 5.43 Å². The number of carbonyl (C=O) groups is 2. The fourth-order valence-corrected chi connectivity index (χ4v) is 3.58. The number of hydrogen-bond donors (Lipinski definition) is 1. The van der Waals surface area contributed by atoms with E-state index in [9.17, 15) is 9.59 Å². The van der Waals surface area contributed by atoms with E-state index in [-0.39, 0.29) is 6.61 Å². The van der Waals surface area contributed by atoms with Gasteiger partial charge in [0.25, 0.3) is 5.91 Å². The van der Waals surface area contributed by atoms with E-state index in [2.05, 4.69) is 10.5 Å². The maximum atomic E-state index is 12.7. The average molecular weight is 467 g/mol. The minimum Gasteiger partial charge on any atom is -0.484 e. The number of ether oxygens (including phenoxy) is 2. The van der Waals surface area contributed by atoms with Gasteiger partial charge in [-0.25, -0.2) is 10.2 Å². The van der Waals surface area contributed by atoms with Crippen LogP contribution in [-0.4, -0.2) is 24.7 Å². The Kier molecular flexibility index (Phi) is 7.21. The minimum absolute atomic E-state index is 0.176. The number of hydrogen-bond acceptors (Lipinski definition) is 5. The lowest BCUT2D eigenvalue weighted by atomic mass is 10.0. The molecule has 0 spiro atoms. The summed E-state index contributed by atoms with van der Waals surface area (Å²) < 4.78 is 11.3. The highest BCUT2D eigenvalue weighted by molar-refractivity contribution is 6.04. The molecular formula is C29H26N2O4. The number of fused-ring (bicyclic) bond motifs is 1. The first-order valence-corrected chi connectivity index (χ1v) is 11.2. The van der Waals surface area contributed by atoms with Crippen LogP contribution in [0.15, 0.2) is 84.0 Å². The highest BCUT2D eigenvalue weighted by atomic mass is 16.5. The normalized spacial score (nSPS) is 10.9. The van der Waals surface area contributed by atoms with Crippen LogP contribution in [0.4, 0.5) is 0 Å². The molecule has 176 valence electrons. The molecule has 4 aromatic carbocycles. The molecule has 0 fully saturated rings. The molecule has 0 aliphatic carbocycles. The van der Waals surface area contributed by atoms with Crippen LogP contribution in [0.3, 0.4) is 0 Å². The molecule has 0 bridgehead atoms. The van der Waals surface area contributed by atoms with E-state index in [1.165, 1.54) is 6.21 Å². The number of aryl methyl sites for hydroxylation is 3. The fourth-order valence-electron chi connectivity index (χ4n) is 3.58. The highest BCUT2D eigenvalue weighted by Gasteiger charge is 2.14. The first kappa shape index (κ1) is 23.7. The molecule has 0 atom stereocenters. The van der Waals surface area contributed by atoms with E-state index in [1.54, 1.807) is 18.2 Å². The van der Waals surface area contributed by atoms with E-state index in [0.717, 1.165) is 27.5 Å². The van der Waals surface area contributed by atoms with E-state index in [4.69, 9.17) is 9.47 Å². The van der Waals surface area contributed by atoms with Crippen LogP contribution >= 0.6 is 0 Å². The quantitative estimate of drug-likeness (QED) is 0.169. The summed E-state index contributed by atoms with van der Waals surface area (Å²) in [7, 11) is 0. The van der Waals surface area contributed by atoms with Crippen LogP contribution in [0.1, 0.15) is 32.6 Å². The molecule has 1 N–H and O–H groups in total. The van der Waals surface area contributed by atoms with Crippen molar-refractivity contribution in [3.63, 3.8) is 0 Å². The van der Waals surface area contributed by atoms with Crippen LogP contribution in [0.2, 0.25) is 0 Å². The number of benzene rings is 4. The van der Waals surface area contributed by atoms with Crippen molar-refractivity contribution in [2.24, 2.45) is 5.10 Å². The number of carbonyl (C=O) groups excluding carboxylic acids is 2. The van der Waals surface area contributed by atoms with Gasteiger partial charge in [-0.2, -0.15) is 5.10 Å². The lowest BCUT2D eigenvalue weighted by Gasteiger charge is -2.11. The zero-order valence-corrected chi connectivity index (χ0v) is 19.9. The Labute approximate surface area is 204 Å². The standard InChI is InChI=1S/C29H26N2O4/c1-19-7-6-9-23(15-19)29(33)35-27-14-12-22-8-4-5-10-25(22)26(27)17-30-31-28(32)18-34-24-13-11-20(2)21(3)16-24/h4-17H,18H2,1-3H3,(H,31,32)/b30-17-. The molecule has 0 heterocycles. The molecule has 6 heteroatoms. The van der Waals surface area contributed by atoms with Gasteiger partial charge in [0.1, 0.15) is 11.5 Å². The maximum absolute atomic E-state index is 12.7. The molecule has 1 amide bonds. The lowest BCUT2D eigenvalue weighted by molar-refractivity contribution is -0.123. The molecular weight excluding hydrogens is 440 g/mol. The van der Waals surface area contributed by atoms with Crippen molar-refractivity contribution < 1.29 is 19.1 Å². The van der Waals surface area contributed by atoms with Gasteiger partial charge in [0, 0.05) is 5.56 Å². The molecule has 35 heavy (non-hydrogen) atoms. The summed E-state index contributed by atoms with van der Waals surface area (Å²) in [5, 5.41) is 5.89. The Morgan fingerprint density at radius 1 is 0.886 bits per heavy atom. The number of nitrogens with zero attached hydrogens (tertiary/aromatic N) is 1. The van der Waals surface area contributed by atoms with E-state index in [0.29, 0.717) is 22.6 Å². The van der Waals surface area contributed by atoms with E-state index < -0.39 is 11.9 Å². The van der Waals surface area contributed by atoms with Gasteiger partial charge in [-0.3, -0.25) is 4.79 Å². The second kappa shape index (κ2) is 10.7. The van der Waals surface area contributed by atoms with Crippen LogP contribution in [0.5, 0.6) is 11.5 Å². The monoisotopic (exact) mass is 466 g/mol. The molecule has 0 aliphatic rings. The van der Waals surface area contributed by atoms with Gasteiger partial charge in [0.2, 0.25) is 0 Å². The van der Waals surface area contributed by atoms with Gasteiger partial charge in [0.05, 0.1) is 11.8 Å². The van der Waals surface area contributed by atoms with Crippen LogP contribution in [0, 0.1) is 20.8 Å². The Morgan fingerprint density at radius 2 is 1.71 bits per heavy atom. The zero-order valence-electron chi connectivity index (χ0n) is 19.9. The summed E-state index contributed by atoms with van der Waals surface area (Å²) in [4.78, 5) is 25.0. The lowest BCUT2D eigenvalue weighted by Crippen LogP contribution is -2.24. The summed E-state index contributed by atoms with van der Waals surface area (Å²) in [6, 6.07) is 24.1. The number of rotatable bonds is 7. The molecule has 0 radical (unpaired) electrons. The van der Waals surface area contributed by atoms with Crippen molar-refractivity contribution in [3.8, 4) is 11.5 Å². The topological polar surface area (TPSA) is 77.0 Å². The second-order valence-electron chi connectivity index (χ2n) is 8.29. The third kappa shape index (κ3) is 5.92. The summed E-state index contributed by atoms with van der Waals surface area (Å²) >= 11 is 0. The molecule has 0 aliphatic heterocycles. The van der Waals surface area contributed by atoms with Crippen molar-refractivity contribution in [1.29, 1.82) is 0 Å². The first-order chi connectivity index (χ1) is 16.9. The predicted octanol–water partition coefficient (Wildman–Crippen LogP) is 5.51. The molecule has 0 unspecified atom stereocenters. The van der Waals surface area contributed by atoms with E-state index >= 15 is 0 Å². The zero-order chi connectivity index (χ0) is 24.8. The van der Waals surface area contributed by atoms with Gasteiger partial charge >= 0.3 is 5.97 Å². The van der Waals surface area contributed by atoms with Gasteiger partial charge in [-0.15, -0.1) is 0 Å². The fraction of sp³-hybridized carbons (Fsp3) is 0.138. The Bertz CT molecular complexity index is 1430. The molecule has 4 rings (SSSR count). The van der Waals surface area contributed by atoms with Crippen molar-refractivity contribution in [2.45, 2.75) is 20.8 Å². The average Bonchev–Trinajstić information content (AvgIpc) is 2.85. The largest absolute Gasteiger partial charge is 0.484 e. The molecule has 6 nitrogen and oxygen atoms in total. The summed E-state index contributed by atoms with van der Waals surface area (Å²) in [5.74, 6) is 0.0914. The SMILES string of the molecule is Cc1cccc(C(=O)Oc2ccc3ccccc3c2/C=N\NC(=O)COc2ccc(C)c(C)c2)c1. The molecule has 0 saturated heterocycles. The Balaban J connectivity index is 1.50. The van der Waals surface area contributed by atoms with E-state index in [1.807, 2.05) is 81.4 Å². The minimum atomic E-state index is -0.468. The summed E-state index contributed by atoms with van der Waals surface area (Å²) in [6.07, 6.45) is 1.48. The first-order valence-electron chi connectivity index (χ1n) is 11.2. The maximum Gasteiger partial charge on any atom is 0.343 e. The predicted molar refractivity (Wildman–Crippen MR) is 137 cm³/mol. The molecule has 0 aromatic heterocycles. The van der Waals surface area contributed by atoms with Gasteiger partial charge in [0.15, 0.2) is 6.61 Å². The smallest absolute Gasteiger partial charge is 0.343 e. The van der Waals surface area contributed by atoms with Crippen molar-refractivity contribution in [3.05, 3.63) is 107 Å². The molecule has 4 aromatic rings. The third-order valence-corrected chi connectivity index (χ3v) is 5.62. The number of hydrazone groups is 1. The van der Waals surface area contributed by atoms with Crippen LogP contribution < -0.4 is 14.9 Å². The van der Waals surface area contributed by atoms with Gasteiger partial charge < -0.3 is 9.47 Å². The number of esters is 1. The summed E-state index contributed by atoms with van der Waals surface area (Å²) in [5.41, 5.74) is 6.72. The Morgan fingerprint density at radius 3 is 2.51 bits per heavy atom. The van der Waals surface area contributed by atoms with Crippen LogP contribution in [0.25, 0.3) is 10.8 Å². The van der Waals surface area contributed by atoms with Gasteiger partial charge in [-0.1, -0.05) is 54.1 Å². The van der Waals surface area contributed by atoms with Gasteiger partial charge in [-0.05, 0) is 73.0 Å². The summed E-state index contributed by atoms with van der Waals surface area (Å²) in [6.45, 7) is 5.74. The second-order valence-corrected chi connectivity index (χ2v) is 8.29. The van der Waals surface area contributed by atoms with Crippen molar-refractivity contribution in [2.75, 3.05) is 6.61 Å². The molecule has 0 saturated carbocycles. The number of nitrogens with one attached hydrogen (secondary N) is 1. The Hall–Kier alpha value is -4.45. The van der Waals surface area contributed by atoms with Crippen LogP contribution in [-0.2, 0) is 4.79 Å². The third-order valence-electron chi connectivity index (χ3n) is 5.62. The number of amides is 1. The van der Waals surface area contributed by atoms with Crippen molar-refractivity contribution >= 4 is 28.9 Å².